The van der Waals surface area contributed by atoms with Crippen molar-refractivity contribution in [2.75, 3.05) is 19.7 Å². The lowest BCUT2D eigenvalue weighted by Crippen LogP contribution is -2.54. The summed E-state index contributed by atoms with van der Waals surface area (Å²) in [5.74, 6) is 0. The Morgan fingerprint density at radius 2 is 1.82 bits per heavy atom. The van der Waals surface area contributed by atoms with Gasteiger partial charge in [-0.25, -0.2) is 0 Å². The number of hydrogen-bond acceptors (Lipinski definition) is 3. The van der Waals surface area contributed by atoms with Crippen molar-refractivity contribution in [1.82, 2.24) is 4.90 Å². The number of aliphatic hydroxyl groups excluding tert-OH is 1. The van der Waals surface area contributed by atoms with Crippen LogP contribution in [0, 0.1) is 5.41 Å². The van der Waals surface area contributed by atoms with Crippen LogP contribution in [0.4, 0.5) is 0 Å². The molecule has 0 radical (unpaired) electrons. The molecule has 3 nitrogen and oxygen atoms in total. The Bertz CT molecular complexity index is 207. The van der Waals surface area contributed by atoms with Gasteiger partial charge in [0.05, 0.1) is 6.61 Å². The van der Waals surface area contributed by atoms with Gasteiger partial charge in [-0.1, -0.05) is 40.0 Å². The van der Waals surface area contributed by atoms with Crippen LogP contribution < -0.4 is 5.73 Å². The first kappa shape index (κ1) is 14.9. The summed E-state index contributed by atoms with van der Waals surface area (Å²) in [6.45, 7) is 8.43. The fourth-order valence-corrected chi connectivity index (χ4v) is 3.11. The van der Waals surface area contributed by atoms with Crippen molar-refractivity contribution in [2.24, 2.45) is 11.1 Å². The summed E-state index contributed by atoms with van der Waals surface area (Å²) < 4.78 is 0. The highest BCUT2D eigenvalue weighted by molar-refractivity contribution is 4.89. The van der Waals surface area contributed by atoms with E-state index in [9.17, 15) is 5.11 Å². The summed E-state index contributed by atoms with van der Waals surface area (Å²) in [5, 5.41) is 9.29. The predicted molar refractivity (Wildman–Crippen MR) is 73.0 cm³/mol. The first-order valence-electron chi connectivity index (χ1n) is 7.07. The standard InChI is InChI=1S/C14H30N2O/c1-14(2,3)13(11-15)16(9-10-17)12-7-5-4-6-8-12/h12-13,17H,4-11,15H2,1-3H3. The van der Waals surface area contributed by atoms with Gasteiger partial charge in [-0.15, -0.1) is 0 Å². The molecule has 0 bridgehead atoms. The average Bonchev–Trinajstić information content (AvgIpc) is 2.28. The molecule has 0 heterocycles. The van der Waals surface area contributed by atoms with Gasteiger partial charge < -0.3 is 10.8 Å². The zero-order chi connectivity index (χ0) is 12.9. The van der Waals surface area contributed by atoms with E-state index < -0.39 is 0 Å². The van der Waals surface area contributed by atoms with Gasteiger partial charge >= 0.3 is 0 Å². The molecule has 0 amide bonds. The lowest BCUT2D eigenvalue weighted by Gasteiger charge is -2.45. The highest BCUT2D eigenvalue weighted by Crippen LogP contribution is 2.30. The maximum Gasteiger partial charge on any atom is 0.0558 e. The molecule has 3 heteroatoms. The summed E-state index contributed by atoms with van der Waals surface area (Å²) in [7, 11) is 0. The van der Waals surface area contributed by atoms with Crippen LogP contribution in [0.25, 0.3) is 0 Å². The number of nitrogens with zero attached hydrogens (tertiary/aromatic N) is 1. The Kier molecular flexibility index (Phi) is 5.90. The lowest BCUT2D eigenvalue weighted by molar-refractivity contribution is 0.0321. The van der Waals surface area contributed by atoms with E-state index in [1.165, 1.54) is 32.1 Å². The number of aliphatic hydroxyl groups is 1. The molecular weight excluding hydrogens is 212 g/mol. The van der Waals surface area contributed by atoms with Gasteiger partial charge in [0.1, 0.15) is 0 Å². The fourth-order valence-electron chi connectivity index (χ4n) is 3.11. The van der Waals surface area contributed by atoms with Gasteiger partial charge in [0.2, 0.25) is 0 Å². The lowest BCUT2D eigenvalue weighted by atomic mass is 9.83. The van der Waals surface area contributed by atoms with Gasteiger partial charge in [-0.3, -0.25) is 4.90 Å². The minimum atomic E-state index is 0.182. The van der Waals surface area contributed by atoms with Gasteiger partial charge in [0.15, 0.2) is 0 Å². The molecule has 0 aliphatic heterocycles. The van der Waals surface area contributed by atoms with E-state index in [-0.39, 0.29) is 12.0 Å². The SMILES string of the molecule is CC(C)(C)C(CN)N(CCO)C1CCCCC1. The fraction of sp³-hybridized carbons (Fsp3) is 1.00. The Labute approximate surface area is 106 Å². The van der Waals surface area contributed by atoms with Crippen molar-refractivity contribution in [3.05, 3.63) is 0 Å². The molecule has 1 aliphatic rings. The maximum atomic E-state index is 9.29. The van der Waals surface area contributed by atoms with Crippen LogP contribution in [-0.2, 0) is 0 Å². The molecule has 17 heavy (non-hydrogen) atoms. The number of rotatable bonds is 5. The second kappa shape index (κ2) is 6.72. The Morgan fingerprint density at radius 1 is 1.24 bits per heavy atom. The van der Waals surface area contributed by atoms with Crippen molar-refractivity contribution < 1.29 is 5.11 Å². The van der Waals surface area contributed by atoms with Gasteiger partial charge in [0, 0.05) is 25.2 Å². The molecule has 1 aliphatic carbocycles. The third kappa shape index (κ3) is 4.23. The Balaban J connectivity index is 2.74. The summed E-state index contributed by atoms with van der Waals surface area (Å²) >= 11 is 0. The topological polar surface area (TPSA) is 49.5 Å². The highest BCUT2D eigenvalue weighted by atomic mass is 16.3. The molecule has 1 atom stereocenters. The van der Waals surface area contributed by atoms with Crippen molar-refractivity contribution in [3.63, 3.8) is 0 Å². The molecular formula is C14H30N2O. The smallest absolute Gasteiger partial charge is 0.0558 e. The minimum Gasteiger partial charge on any atom is -0.395 e. The molecule has 1 fully saturated rings. The minimum absolute atomic E-state index is 0.182. The monoisotopic (exact) mass is 242 g/mol. The summed E-state index contributed by atoms with van der Waals surface area (Å²) in [4.78, 5) is 2.47. The van der Waals surface area contributed by atoms with Crippen LogP contribution in [-0.4, -0.2) is 41.8 Å². The molecule has 102 valence electrons. The molecule has 0 aromatic carbocycles. The van der Waals surface area contributed by atoms with E-state index in [1.54, 1.807) is 0 Å². The van der Waals surface area contributed by atoms with Crippen molar-refractivity contribution in [3.8, 4) is 0 Å². The van der Waals surface area contributed by atoms with Crippen LogP contribution in [0.5, 0.6) is 0 Å². The first-order chi connectivity index (χ1) is 8.00. The second-order valence-electron chi connectivity index (χ2n) is 6.37. The molecule has 3 N–H and O–H groups in total. The summed E-state index contributed by atoms with van der Waals surface area (Å²) in [6, 6.07) is 1.00. The molecule has 1 rings (SSSR count). The largest absolute Gasteiger partial charge is 0.395 e. The van der Waals surface area contributed by atoms with E-state index in [0.717, 1.165) is 6.54 Å². The first-order valence-corrected chi connectivity index (χ1v) is 7.07. The molecule has 1 saturated carbocycles. The average molecular weight is 242 g/mol. The number of nitrogens with two attached hydrogens (primary N) is 1. The highest BCUT2D eigenvalue weighted by Gasteiger charge is 2.33. The van der Waals surface area contributed by atoms with Crippen LogP contribution in [0.2, 0.25) is 0 Å². The normalized spacial score (nSPS) is 20.8. The number of hydrogen-bond donors (Lipinski definition) is 2. The van der Waals surface area contributed by atoms with E-state index in [4.69, 9.17) is 5.73 Å². The predicted octanol–water partition coefficient (Wildman–Crippen LogP) is 1.99. The van der Waals surface area contributed by atoms with Crippen LogP contribution in [0.3, 0.4) is 0 Å². The van der Waals surface area contributed by atoms with Crippen molar-refractivity contribution in [1.29, 1.82) is 0 Å². The maximum absolute atomic E-state index is 9.29. The third-order valence-electron chi connectivity index (χ3n) is 4.03. The van der Waals surface area contributed by atoms with E-state index in [1.807, 2.05) is 0 Å². The van der Waals surface area contributed by atoms with Crippen molar-refractivity contribution in [2.45, 2.75) is 65.0 Å². The van der Waals surface area contributed by atoms with Crippen LogP contribution >= 0.6 is 0 Å². The van der Waals surface area contributed by atoms with Crippen LogP contribution in [0.15, 0.2) is 0 Å². The second-order valence-corrected chi connectivity index (χ2v) is 6.37. The molecule has 1 unspecified atom stereocenters. The van der Waals surface area contributed by atoms with Crippen LogP contribution in [0.1, 0.15) is 52.9 Å². The van der Waals surface area contributed by atoms with E-state index >= 15 is 0 Å². The molecule has 0 spiro atoms. The summed E-state index contributed by atoms with van der Waals surface area (Å²) in [5.41, 5.74) is 6.16. The van der Waals surface area contributed by atoms with E-state index in [2.05, 4.69) is 25.7 Å². The molecule has 0 saturated heterocycles. The van der Waals surface area contributed by atoms with E-state index in [0.29, 0.717) is 18.6 Å². The zero-order valence-corrected chi connectivity index (χ0v) is 11.8. The zero-order valence-electron chi connectivity index (χ0n) is 11.8. The quantitative estimate of drug-likeness (QED) is 0.775. The Hall–Kier alpha value is -0.120. The summed E-state index contributed by atoms with van der Waals surface area (Å²) in [6.07, 6.45) is 6.56. The molecule has 0 aromatic heterocycles. The van der Waals surface area contributed by atoms with Crippen molar-refractivity contribution >= 4 is 0 Å². The van der Waals surface area contributed by atoms with Gasteiger partial charge in [-0.05, 0) is 18.3 Å². The van der Waals surface area contributed by atoms with Gasteiger partial charge in [-0.2, -0.15) is 0 Å². The Morgan fingerprint density at radius 3 is 2.24 bits per heavy atom. The van der Waals surface area contributed by atoms with Gasteiger partial charge in [0.25, 0.3) is 0 Å². The third-order valence-corrected chi connectivity index (χ3v) is 4.03. The molecule has 0 aromatic rings.